The number of nitrogens with zero attached hydrogens (tertiary/aromatic N) is 2. The number of hydrogen-bond acceptors (Lipinski definition) is 5. The van der Waals surface area contributed by atoms with Crippen molar-refractivity contribution in [3.63, 3.8) is 0 Å². The Morgan fingerprint density at radius 3 is 2.71 bits per heavy atom. The van der Waals surface area contributed by atoms with Crippen molar-refractivity contribution >= 4 is 11.8 Å². The summed E-state index contributed by atoms with van der Waals surface area (Å²) in [4.78, 5) is 40.9. The molecule has 4 atom stereocenters. The number of hydrogen-bond donors (Lipinski definition) is 1. The van der Waals surface area contributed by atoms with Crippen LogP contribution >= 0.6 is 0 Å². The van der Waals surface area contributed by atoms with Crippen LogP contribution in [-0.2, 0) is 17.8 Å². The standard InChI is InChI=1S/C23H22F3N3O5/c1-10-14-5-6-15(10)34-16-9-28-8-12(20(30)21(33-2)19(28)23(32)29(14)16)22(31)27-7-11-3-4-13(24)18(26)17(11)25/h3-4,8,10,14-16H,5-7,9H2,1-2H3,(H,27,31)/t10-,14-,15+,16+/m1/s1. The SMILES string of the molecule is COc1c2n(cc(C(=O)NCc3ccc(F)c(F)c3F)c1=O)C[C@@H]1O[C@H]3CC[C@H]([C@H]3C)N1C2=O. The molecular formula is C23H22F3N3O5. The fraction of sp³-hybridized carbons (Fsp3) is 0.435. The minimum atomic E-state index is -1.65. The molecule has 1 aromatic heterocycles. The summed E-state index contributed by atoms with van der Waals surface area (Å²) in [5.74, 6) is -5.81. The number of carbonyl (C=O) groups excluding carboxylic acids is 2. The van der Waals surface area contributed by atoms with Gasteiger partial charge in [0.15, 0.2) is 35.1 Å². The molecule has 0 spiro atoms. The molecule has 0 radical (unpaired) electrons. The summed E-state index contributed by atoms with van der Waals surface area (Å²) in [7, 11) is 1.23. The number of benzene rings is 1. The van der Waals surface area contributed by atoms with Gasteiger partial charge in [-0.1, -0.05) is 13.0 Å². The number of carbonyl (C=O) groups is 2. The predicted molar refractivity (Wildman–Crippen MR) is 112 cm³/mol. The minimum absolute atomic E-state index is 0.00113. The van der Waals surface area contributed by atoms with E-state index in [-0.39, 0.29) is 47.2 Å². The van der Waals surface area contributed by atoms with Crippen molar-refractivity contribution < 1.29 is 32.2 Å². The molecule has 2 amide bonds. The van der Waals surface area contributed by atoms with Gasteiger partial charge >= 0.3 is 0 Å². The van der Waals surface area contributed by atoms with Crippen molar-refractivity contribution in [3.05, 3.63) is 62.8 Å². The van der Waals surface area contributed by atoms with Crippen LogP contribution in [0.25, 0.3) is 0 Å². The Labute approximate surface area is 192 Å². The van der Waals surface area contributed by atoms with E-state index in [1.807, 2.05) is 6.92 Å². The molecule has 1 aliphatic carbocycles. The van der Waals surface area contributed by atoms with E-state index >= 15 is 0 Å². The molecule has 11 heteroatoms. The number of ether oxygens (including phenoxy) is 2. The van der Waals surface area contributed by atoms with E-state index < -0.39 is 47.5 Å². The van der Waals surface area contributed by atoms with Gasteiger partial charge in [0.25, 0.3) is 11.8 Å². The van der Waals surface area contributed by atoms with Gasteiger partial charge in [-0.2, -0.15) is 0 Å². The van der Waals surface area contributed by atoms with Gasteiger partial charge in [-0.15, -0.1) is 0 Å². The summed E-state index contributed by atoms with van der Waals surface area (Å²) in [6.45, 7) is 1.76. The number of halogens is 3. The summed E-state index contributed by atoms with van der Waals surface area (Å²) in [5.41, 5.74) is -1.40. The molecule has 2 fully saturated rings. The second-order valence-corrected chi connectivity index (χ2v) is 8.77. The summed E-state index contributed by atoms with van der Waals surface area (Å²) < 4.78 is 53.4. The molecule has 2 aliphatic heterocycles. The lowest BCUT2D eigenvalue weighted by atomic mass is 9.98. The molecular weight excluding hydrogens is 455 g/mol. The van der Waals surface area contributed by atoms with Crippen LogP contribution in [0.5, 0.6) is 5.75 Å². The van der Waals surface area contributed by atoms with Gasteiger partial charge in [0, 0.05) is 30.3 Å². The van der Waals surface area contributed by atoms with Crippen LogP contribution < -0.4 is 15.5 Å². The number of pyridine rings is 1. The van der Waals surface area contributed by atoms with E-state index in [0.29, 0.717) is 0 Å². The van der Waals surface area contributed by atoms with E-state index in [4.69, 9.17) is 9.47 Å². The average Bonchev–Trinajstić information content (AvgIpc) is 3.04. The van der Waals surface area contributed by atoms with Crippen LogP contribution in [0.3, 0.4) is 0 Å². The van der Waals surface area contributed by atoms with E-state index in [9.17, 15) is 27.6 Å². The summed E-state index contributed by atoms with van der Waals surface area (Å²) in [5, 5.41) is 2.34. The highest BCUT2D eigenvalue weighted by atomic mass is 19.2. The molecule has 3 heterocycles. The summed E-state index contributed by atoms with van der Waals surface area (Å²) in [6.07, 6.45) is 2.39. The van der Waals surface area contributed by atoms with Crippen LogP contribution in [0, 0.1) is 23.4 Å². The van der Waals surface area contributed by atoms with Crippen molar-refractivity contribution in [2.45, 2.75) is 51.2 Å². The van der Waals surface area contributed by atoms with Gasteiger partial charge in [0.05, 0.1) is 19.8 Å². The summed E-state index contributed by atoms with van der Waals surface area (Å²) >= 11 is 0. The molecule has 1 N–H and O–H groups in total. The number of rotatable bonds is 4. The second kappa shape index (κ2) is 8.15. The van der Waals surface area contributed by atoms with Gasteiger partial charge in [0.1, 0.15) is 5.56 Å². The van der Waals surface area contributed by atoms with Gasteiger partial charge in [-0.3, -0.25) is 14.4 Å². The first-order chi connectivity index (χ1) is 16.2. The lowest BCUT2D eigenvalue weighted by Crippen LogP contribution is -2.60. The topological polar surface area (TPSA) is 89.9 Å². The highest BCUT2D eigenvalue weighted by Crippen LogP contribution is 2.42. The molecule has 1 aromatic carbocycles. The van der Waals surface area contributed by atoms with Gasteiger partial charge < -0.3 is 24.3 Å². The fourth-order valence-corrected chi connectivity index (χ4v) is 5.20. The third-order valence-corrected chi connectivity index (χ3v) is 6.97. The lowest BCUT2D eigenvalue weighted by Gasteiger charge is -2.47. The van der Waals surface area contributed by atoms with Crippen LogP contribution in [0.2, 0.25) is 0 Å². The maximum Gasteiger partial charge on any atom is 0.276 e. The second-order valence-electron chi connectivity index (χ2n) is 8.77. The lowest BCUT2D eigenvalue weighted by molar-refractivity contribution is -0.155. The Hall–Kier alpha value is -3.34. The van der Waals surface area contributed by atoms with Crippen LogP contribution in [-0.4, -0.2) is 46.8 Å². The molecule has 1 saturated heterocycles. The van der Waals surface area contributed by atoms with E-state index in [1.54, 1.807) is 4.90 Å². The first-order valence-electron chi connectivity index (χ1n) is 10.9. The molecule has 180 valence electrons. The van der Waals surface area contributed by atoms with Crippen molar-refractivity contribution in [1.29, 1.82) is 0 Å². The minimum Gasteiger partial charge on any atom is -0.491 e. The molecule has 0 unspecified atom stereocenters. The number of nitrogens with one attached hydrogen (secondary N) is 1. The zero-order valence-electron chi connectivity index (χ0n) is 18.4. The number of fused-ring (bicyclic) bond motifs is 5. The van der Waals surface area contributed by atoms with Crippen molar-refractivity contribution in [2.24, 2.45) is 5.92 Å². The predicted octanol–water partition coefficient (Wildman–Crippen LogP) is 2.18. The fourth-order valence-electron chi connectivity index (χ4n) is 5.20. The zero-order chi connectivity index (χ0) is 24.3. The Kier molecular flexibility index (Phi) is 5.38. The Bertz CT molecular complexity index is 1260. The Morgan fingerprint density at radius 1 is 1.21 bits per heavy atom. The monoisotopic (exact) mass is 477 g/mol. The quantitative estimate of drug-likeness (QED) is 0.682. The van der Waals surface area contributed by atoms with Crippen LogP contribution in [0.4, 0.5) is 13.2 Å². The number of methoxy groups -OCH3 is 1. The van der Waals surface area contributed by atoms with E-state index in [0.717, 1.165) is 25.0 Å². The first-order valence-corrected chi connectivity index (χ1v) is 10.9. The Morgan fingerprint density at radius 2 is 1.97 bits per heavy atom. The van der Waals surface area contributed by atoms with Gasteiger partial charge in [-0.25, -0.2) is 13.2 Å². The molecule has 2 bridgehead atoms. The van der Waals surface area contributed by atoms with Crippen LogP contribution in [0.15, 0.2) is 23.1 Å². The van der Waals surface area contributed by atoms with Crippen LogP contribution in [0.1, 0.15) is 46.2 Å². The third kappa shape index (κ3) is 3.29. The number of amides is 2. The number of aromatic nitrogens is 1. The maximum atomic E-state index is 13.9. The van der Waals surface area contributed by atoms with E-state index in [1.165, 1.54) is 17.9 Å². The first kappa shape index (κ1) is 22.5. The smallest absolute Gasteiger partial charge is 0.276 e. The molecule has 3 aliphatic rings. The zero-order valence-corrected chi connectivity index (χ0v) is 18.4. The van der Waals surface area contributed by atoms with Crippen molar-refractivity contribution in [3.8, 4) is 5.75 Å². The Balaban J connectivity index is 1.46. The largest absolute Gasteiger partial charge is 0.491 e. The normalized spacial score (nSPS) is 25.1. The average molecular weight is 477 g/mol. The molecule has 2 aromatic rings. The molecule has 5 rings (SSSR count). The maximum absolute atomic E-state index is 13.9. The highest BCUT2D eigenvalue weighted by molar-refractivity contribution is 5.99. The molecule has 1 saturated carbocycles. The van der Waals surface area contributed by atoms with Gasteiger partial charge in [0.2, 0.25) is 5.43 Å². The molecule has 34 heavy (non-hydrogen) atoms. The van der Waals surface area contributed by atoms with Crippen molar-refractivity contribution in [2.75, 3.05) is 7.11 Å². The van der Waals surface area contributed by atoms with Crippen molar-refractivity contribution in [1.82, 2.24) is 14.8 Å². The third-order valence-electron chi connectivity index (χ3n) is 6.97. The van der Waals surface area contributed by atoms with Gasteiger partial charge in [-0.05, 0) is 18.9 Å². The highest BCUT2D eigenvalue weighted by Gasteiger charge is 2.51. The van der Waals surface area contributed by atoms with E-state index in [2.05, 4.69) is 5.32 Å². The summed E-state index contributed by atoms with van der Waals surface area (Å²) in [6, 6.07) is 1.74. The molecule has 8 nitrogen and oxygen atoms in total.